The second kappa shape index (κ2) is 4.18. The molecular weight excluding hydrogens is 212 g/mol. The van der Waals surface area contributed by atoms with Crippen LogP contribution in [-0.4, -0.2) is 10.1 Å². The second-order valence-corrected chi connectivity index (χ2v) is 3.89. The van der Waals surface area contributed by atoms with Gasteiger partial charge in [0.05, 0.1) is 0 Å². The Morgan fingerprint density at radius 3 is 3.00 bits per heavy atom. The molecule has 2 rings (SSSR count). The van der Waals surface area contributed by atoms with Crippen LogP contribution in [0.5, 0.6) is 11.5 Å². The van der Waals surface area contributed by atoms with Gasteiger partial charge in [0.15, 0.2) is 0 Å². The van der Waals surface area contributed by atoms with Crippen LogP contribution in [0.1, 0.15) is 5.01 Å². The SMILES string of the molecule is Nc1csc(COc2cccc(O)c2)n1. The Kier molecular flexibility index (Phi) is 2.73. The van der Waals surface area contributed by atoms with E-state index < -0.39 is 0 Å². The number of aromatic nitrogens is 1. The van der Waals surface area contributed by atoms with E-state index in [2.05, 4.69) is 4.98 Å². The molecule has 0 radical (unpaired) electrons. The van der Waals surface area contributed by atoms with Crippen LogP contribution in [0.4, 0.5) is 5.82 Å². The Labute approximate surface area is 91.0 Å². The van der Waals surface area contributed by atoms with Crippen LogP contribution in [0.25, 0.3) is 0 Å². The lowest BCUT2D eigenvalue weighted by Crippen LogP contribution is -1.95. The van der Waals surface area contributed by atoms with Gasteiger partial charge in [-0.1, -0.05) is 6.07 Å². The Morgan fingerprint density at radius 1 is 1.47 bits per heavy atom. The van der Waals surface area contributed by atoms with Crippen molar-refractivity contribution < 1.29 is 9.84 Å². The molecule has 0 saturated heterocycles. The third-order valence-electron chi connectivity index (χ3n) is 1.75. The van der Waals surface area contributed by atoms with E-state index in [1.807, 2.05) is 0 Å². The van der Waals surface area contributed by atoms with Crippen molar-refractivity contribution in [3.63, 3.8) is 0 Å². The fourth-order valence-corrected chi connectivity index (χ4v) is 1.70. The van der Waals surface area contributed by atoms with E-state index in [0.717, 1.165) is 5.01 Å². The highest BCUT2D eigenvalue weighted by molar-refractivity contribution is 7.09. The van der Waals surface area contributed by atoms with Crippen molar-refractivity contribution in [2.45, 2.75) is 6.61 Å². The molecule has 0 saturated carbocycles. The van der Waals surface area contributed by atoms with E-state index in [0.29, 0.717) is 18.2 Å². The number of nitrogens with zero attached hydrogens (tertiary/aromatic N) is 1. The van der Waals surface area contributed by atoms with Gasteiger partial charge in [-0.05, 0) is 12.1 Å². The van der Waals surface area contributed by atoms with Crippen molar-refractivity contribution in [1.29, 1.82) is 0 Å². The van der Waals surface area contributed by atoms with Crippen molar-refractivity contribution in [2.75, 3.05) is 5.73 Å². The number of nitrogens with two attached hydrogens (primary N) is 1. The first-order valence-corrected chi connectivity index (χ1v) is 5.24. The topological polar surface area (TPSA) is 68.4 Å². The summed E-state index contributed by atoms with van der Waals surface area (Å²) in [6.45, 7) is 0.366. The maximum absolute atomic E-state index is 9.20. The molecular formula is C10H10N2O2S. The molecule has 0 fully saturated rings. The lowest BCUT2D eigenvalue weighted by molar-refractivity contribution is 0.304. The van der Waals surface area contributed by atoms with Crippen LogP contribution in [0.2, 0.25) is 0 Å². The van der Waals surface area contributed by atoms with Gasteiger partial charge in [-0.25, -0.2) is 4.98 Å². The van der Waals surface area contributed by atoms with Crippen LogP contribution in [0.15, 0.2) is 29.6 Å². The maximum Gasteiger partial charge on any atom is 0.140 e. The van der Waals surface area contributed by atoms with Crippen LogP contribution in [0, 0.1) is 0 Å². The highest BCUT2D eigenvalue weighted by Crippen LogP contribution is 2.20. The molecule has 0 aliphatic heterocycles. The van der Waals surface area contributed by atoms with Crippen molar-refractivity contribution in [3.8, 4) is 11.5 Å². The zero-order valence-electron chi connectivity index (χ0n) is 7.88. The van der Waals surface area contributed by atoms with E-state index >= 15 is 0 Å². The number of rotatable bonds is 3. The summed E-state index contributed by atoms with van der Waals surface area (Å²) in [6, 6.07) is 6.64. The second-order valence-electron chi connectivity index (χ2n) is 2.95. The Bertz CT molecular complexity index is 456. The third kappa shape index (κ3) is 2.60. The summed E-state index contributed by atoms with van der Waals surface area (Å²) in [7, 11) is 0. The monoisotopic (exact) mass is 222 g/mol. The third-order valence-corrected chi connectivity index (χ3v) is 2.59. The predicted octanol–water partition coefficient (Wildman–Crippen LogP) is 2.01. The Balaban J connectivity index is 1.99. The number of nitrogen functional groups attached to an aromatic ring is 1. The molecule has 0 amide bonds. The molecule has 78 valence electrons. The van der Waals surface area contributed by atoms with Gasteiger partial charge >= 0.3 is 0 Å². The van der Waals surface area contributed by atoms with E-state index in [1.54, 1.807) is 29.6 Å². The summed E-state index contributed by atoms with van der Waals surface area (Å²) in [4.78, 5) is 4.06. The van der Waals surface area contributed by atoms with E-state index in [1.165, 1.54) is 11.3 Å². The summed E-state index contributed by atoms with van der Waals surface area (Å²) in [5.74, 6) is 1.31. The van der Waals surface area contributed by atoms with Crippen LogP contribution < -0.4 is 10.5 Å². The Hall–Kier alpha value is -1.75. The van der Waals surface area contributed by atoms with Gasteiger partial charge in [-0.2, -0.15) is 0 Å². The number of benzene rings is 1. The summed E-state index contributed by atoms with van der Waals surface area (Å²) < 4.78 is 5.42. The van der Waals surface area contributed by atoms with Crippen molar-refractivity contribution in [3.05, 3.63) is 34.7 Å². The number of ether oxygens (including phenoxy) is 1. The average molecular weight is 222 g/mol. The minimum Gasteiger partial charge on any atom is -0.508 e. The van der Waals surface area contributed by atoms with E-state index in [4.69, 9.17) is 10.5 Å². The fourth-order valence-electron chi connectivity index (χ4n) is 1.11. The molecule has 4 nitrogen and oxygen atoms in total. The van der Waals surface area contributed by atoms with E-state index in [-0.39, 0.29) is 5.75 Å². The Morgan fingerprint density at radius 2 is 2.33 bits per heavy atom. The molecule has 15 heavy (non-hydrogen) atoms. The van der Waals surface area contributed by atoms with Gasteiger partial charge in [-0.3, -0.25) is 0 Å². The first kappa shape index (κ1) is 9.79. The first-order chi connectivity index (χ1) is 7.24. The van der Waals surface area contributed by atoms with Gasteiger partial charge in [0.25, 0.3) is 0 Å². The zero-order chi connectivity index (χ0) is 10.7. The molecule has 3 N–H and O–H groups in total. The molecule has 0 atom stereocenters. The molecule has 1 aromatic carbocycles. The summed E-state index contributed by atoms with van der Waals surface area (Å²) in [5, 5.41) is 11.8. The standard InChI is InChI=1S/C10H10N2O2S/c11-9-6-15-10(12-9)5-14-8-3-1-2-7(13)4-8/h1-4,6,13H,5,11H2. The zero-order valence-corrected chi connectivity index (χ0v) is 8.70. The van der Waals surface area contributed by atoms with Gasteiger partial charge in [0, 0.05) is 11.4 Å². The number of hydrogen-bond donors (Lipinski definition) is 2. The fraction of sp³-hybridized carbons (Fsp3) is 0.100. The van der Waals surface area contributed by atoms with Crippen LogP contribution in [-0.2, 0) is 6.61 Å². The number of phenolic OH excluding ortho intramolecular Hbond substituents is 1. The molecule has 0 spiro atoms. The normalized spacial score (nSPS) is 10.1. The number of thiazole rings is 1. The quantitative estimate of drug-likeness (QED) is 0.833. The number of hydrogen-bond acceptors (Lipinski definition) is 5. The summed E-state index contributed by atoms with van der Waals surface area (Å²) >= 11 is 1.45. The molecule has 0 bridgehead atoms. The molecule has 0 aliphatic rings. The van der Waals surface area contributed by atoms with E-state index in [9.17, 15) is 5.11 Å². The highest BCUT2D eigenvalue weighted by Gasteiger charge is 2.00. The average Bonchev–Trinajstić information content (AvgIpc) is 2.62. The van der Waals surface area contributed by atoms with Crippen LogP contribution in [0.3, 0.4) is 0 Å². The predicted molar refractivity (Wildman–Crippen MR) is 59.0 cm³/mol. The molecule has 0 aliphatic carbocycles. The van der Waals surface area contributed by atoms with Crippen LogP contribution >= 0.6 is 11.3 Å². The van der Waals surface area contributed by atoms with Gasteiger partial charge in [0.1, 0.15) is 28.9 Å². The minimum atomic E-state index is 0.186. The highest BCUT2D eigenvalue weighted by atomic mass is 32.1. The molecule has 0 unspecified atom stereocenters. The first-order valence-electron chi connectivity index (χ1n) is 4.36. The molecule has 1 aromatic heterocycles. The van der Waals surface area contributed by atoms with Crippen molar-refractivity contribution >= 4 is 17.2 Å². The minimum absolute atomic E-state index is 0.186. The summed E-state index contributed by atoms with van der Waals surface area (Å²) in [5.41, 5.74) is 5.48. The number of anilines is 1. The van der Waals surface area contributed by atoms with Gasteiger partial charge in [-0.15, -0.1) is 11.3 Å². The number of phenols is 1. The van der Waals surface area contributed by atoms with Gasteiger partial charge in [0.2, 0.25) is 0 Å². The molecule has 2 aromatic rings. The van der Waals surface area contributed by atoms with Crippen molar-refractivity contribution in [1.82, 2.24) is 4.98 Å². The number of aromatic hydroxyl groups is 1. The smallest absolute Gasteiger partial charge is 0.140 e. The molecule has 1 heterocycles. The van der Waals surface area contributed by atoms with Crippen molar-refractivity contribution in [2.24, 2.45) is 0 Å². The largest absolute Gasteiger partial charge is 0.508 e. The maximum atomic E-state index is 9.20. The lowest BCUT2D eigenvalue weighted by atomic mass is 10.3. The van der Waals surface area contributed by atoms with Gasteiger partial charge < -0.3 is 15.6 Å². The summed E-state index contributed by atoms with van der Waals surface area (Å²) in [6.07, 6.45) is 0. The molecule has 5 heteroatoms. The lowest BCUT2D eigenvalue weighted by Gasteiger charge is -2.03.